The van der Waals surface area contributed by atoms with Gasteiger partial charge in [0.05, 0.1) is 12.5 Å². The van der Waals surface area contributed by atoms with Crippen LogP contribution in [0.1, 0.15) is 53.4 Å². The molecule has 96 valence electrons. The van der Waals surface area contributed by atoms with Crippen molar-refractivity contribution >= 4 is 5.91 Å². The highest BCUT2D eigenvalue weighted by Crippen LogP contribution is 2.09. The number of amides is 1. The number of hydrogen-bond donors (Lipinski definition) is 2. The molecule has 0 spiro atoms. The average Bonchev–Trinajstić information content (AvgIpc) is 2.14. The van der Waals surface area contributed by atoms with Crippen molar-refractivity contribution in [3.63, 3.8) is 0 Å². The topological polar surface area (TPSA) is 49.3 Å². The Balaban J connectivity index is 3.54. The standard InChI is InChI=1S/C13H27NO2/c1-10(2)5-6-12(15)9-13(16)14-8-7-11(3)4/h10-12,15H,5-9H2,1-4H3,(H,14,16). The first-order valence-corrected chi connectivity index (χ1v) is 6.36. The van der Waals surface area contributed by atoms with Gasteiger partial charge < -0.3 is 10.4 Å². The minimum absolute atomic E-state index is 0.0306. The summed E-state index contributed by atoms with van der Waals surface area (Å²) in [6, 6.07) is 0. The van der Waals surface area contributed by atoms with E-state index in [0.717, 1.165) is 19.3 Å². The fourth-order valence-electron chi connectivity index (χ4n) is 1.41. The normalized spacial score (nSPS) is 13.2. The molecule has 0 fully saturated rings. The minimum atomic E-state index is -0.485. The molecule has 1 unspecified atom stereocenters. The van der Waals surface area contributed by atoms with Crippen molar-refractivity contribution in [3.8, 4) is 0 Å². The Hall–Kier alpha value is -0.570. The lowest BCUT2D eigenvalue weighted by molar-refractivity contribution is -0.123. The first-order valence-electron chi connectivity index (χ1n) is 6.36. The Kier molecular flexibility index (Phi) is 8.26. The lowest BCUT2D eigenvalue weighted by Gasteiger charge is -2.12. The van der Waals surface area contributed by atoms with Crippen LogP contribution in [0.3, 0.4) is 0 Å². The summed E-state index contributed by atoms with van der Waals surface area (Å²) in [5.74, 6) is 1.15. The third kappa shape index (κ3) is 9.97. The first-order chi connectivity index (χ1) is 7.41. The number of rotatable bonds is 8. The van der Waals surface area contributed by atoms with Gasteiger partial charge in [0.15, 0.2) is 0 Å². The lowest BCUT2D eigenvalue weighted by atomic mass is 10.0. The van der Waals surface area contributed by atoms with Gasteiger partial charge in [-0.15, -0.1) is 0 Å². The van der Waals surface area contributed by atoms with Crippen LogP contribution in [0.5, 0.6) is 0 Å². The van der Waals surface area contributed by atoms with E-state index in [0.29, 0.717) is 18.4 Å². The van der Waals surface area contributed by atoms with Gasteiger partial charge in [-0.1, -0.05) is 27.7 Å². The summed E-state index contributed by atoms with van der Waals surface area (Å²) in [6.45, 7) is 9.21. The Labute approximate surface area is 99.6 Å². The van der Waals surface area contributed by atoms with Gasteiger partial charge in [0.25, 0.3) is 0 Å². The van der Waals surface area contributed by atoms with Gasteiger partial charge in [-0.25, -0.2) is 0 Å². The molecule has 0 aromatic heterocycles. The highest BCUT2D eigenvalue weighted by molar-refractivity contribution is 5.76. The van der Waals surface area contributed by atoms with Gasteiger partial charge in [-0.3, -0.25) is 4.79 Å². The second-order valence-corrected chi connectivity index (χ2v) is 5.36. The number of aliphatic hydroxyl groups is 1. The van der Waals surface area contributed by atoms with E-state index < -0.39 is 6.10 Å². The quantitative estimate of drug-likeness (QED) is 0.671. The van der Waals surface area contributed by atoms with Crippen molar-refractivity contribution in [2.24, 2.45) is 11.8 Å². The first kappa shape index (κ1) is 15.4. The van der Waals surface area contributed by atoms with E-state index in [-0.39, 0.29) is 12.3 Å². The largest absolute Gasteiger partial charge is 0.393 e. The molecule has 0 bridgehead atoms. The van der Waals surface area contributed by atoms with E-state index in [1.54, 1.807) is 0 Å². The van der Waals surface area contributed by atoms with Crippen molar-refractivity contribution in [2.45, 2.75) is 59.5 Å². The Morgan fingerprint density at radius 3 is 2.12 bits per heavy atom. The fraction of sp³-hybridized carbons (Fsp3) is 0.923. The Morgan fingerprint density at radius 2 is 1.62 bits per heavy atom. The van der Waals surface area contributed by atoms with Crippen LogP contribution in [0, 0.1) is 11.8 Å². The smallest absolute Gasteiger partial charge is 0.222 e. The molecule has 0 saturated heterocycles. The maximum atomic E-state index is 11.4. The number of carbonyl (C=O) groups excluding carboxylic acids is 1. The Bertz CT molecular complexity index is 190. The lowest BCUT2D eigenvalue weighted by Crippen LogP contribution is -2.29. The molecular formula is C13H27NO2. The van der Waals surface area contributed by atoms with Crippen molar-refractivity contribution in [2.75, 3.05) is 6.54 Å². The molecule has 0 aliphatic heterocycles. The van der Waals surface area contributed by atoms with Gasteiger partial charge >= 0.3 is 0 Å². The van der Waals surface area contributed by atoms with E-state index >= 15 is 0 Å². The minimum Gasteiger partial charge on any atom is -0.393 e. The summed E-state index contributed by atoms with van der Waals surface area (Å²) in [6.07, 6.45) is 2.44. The zero-order chi connectivity index (χ0) is 12.6. The molecule has 2 N–H and O–H groups in total. The van der Waals surface area contributed by atoms with Gasteiger partial charge in [-0.2, -0.15) is 0 Å². The van der Waals surface area contributed by atoms with E-state index in [1.165, 1.54) is 0 Å². The average molecular weight is 229 g/mol. The second kappa shape index (κ2) is 8.57. The van der Waals surface area contributed by atoms with Gasteiger partial charge in [-0.05, 0) is 31.1 Å². The highest BCUT2D eigenvalue weighted by atomic mass is 16.3. The molecule has 3 heteroatoms. The highest BCUT2D eigenvalue weighted by Gasteiger charge is 2.10. The number of hydrogen-bond acceptors (Lipinski definition) is 2. The molecule has 0 rings (SSSR count). The van der Waals surface area contributed by atoms with E-state index in [2.05, 4.69) is 33.0 Å². The summed E-state index contributed by atoms with van der Waals surface area (Å²) >= 11 is 0. The third-order valence-corrected chi connectivity index (χ3v) is 2.54. The molecule has 0 aromatic carbocycles. The molecule has 1 atom stereocenters. The van der Waals surface area contributed by atoms with Gasteiger partial charge in [0, 0.05) is 6.54 Å². The van der Waals surface area contributed by atoms with Crippen molar-refractivity contribution in [1.82, 2.24) is 5.32 Å². The van der Waals surface area contributed by atoms with Crippen LogP contribution in [-0.4, -0.2) is 23.7 Å². The molecule has 3 nitrogen and oxygen atoms in total. The predicted molar refractivity (Wildman–Crippen MR) is 67.2 cm³/mol. The van der Waals surface area contributed by atoms with Crippen LogP contribution in [0.4, 0.5) is 0 Å². The molecule has 0 heterocycles. The second-order valence-electron chi connectivity index (χ2n) is 5.36. The van der Waals surface area contributed by atoms with Crippen molar-refractivity contribution in [3.05, 3.63) is 0 Å². The molecule has 0 aliphatic carbocycles. The van der Waals surface area contributed by atoms with Crippen LogP contribution in [0.15, 0.2) is 0 Å². The van der Waals surface area contributed by atoms with E-state index in [4.69, 9.17) is 0 Å². The van der Waals surface area contributed by atoms with Crippen LogP contribution in [0.2, 0.25) is 0 Å². The van der Waals surface area contributed by atoms with Crippen LogP contribution in [-0.2, 0) is 4.79 Å². The maximum Gasteiger partial charge on any atom is 0.222 e. The molecule has 0 aromatic rings. The monoisotopic (exact) mass is 229 g/mol. The van der Waals surface area contributed by atoms with E-state index in [1.807, 2.05) is 0 Å². The van der Waals surface area contributed by atoms with Crippen molar-refractivity contribution < 1.29 is 9.90 Å². The summed E-state index contributed by atoms with van der Waals surface area (Å²) < 4.78 is 0. The van der Waals surface area contributed by atoms with Gasteiger partial charge in [0.1, 0.15) is 0 Å². The molecule has 16 heavy (non-hydrogen) atoms. The zero-order valence-electron chi connectivity index (χ0n) is 11.1. The Morgan fingerprint density at radius 1 is 1.06 bits per heavy atom. The summed E-state index contributed by atoms with van der Waals surface area (Å²) in [4.78, 5) is 11.4. The summed E-state index contributed by atoms with van der Waals surface area (Å²) in [5, 5.41) is 12.4. The number of carbonyl (C=O) groups is 1. The van der Waals surface area contributed by atoms with E-state index in [9.17, 15) is 9.90 Å². The third-order valence-electron chi connectivity index (χ3n) is 2.54. The SMILES string of the molecule is CC(C)CCNC(=O)CC(O)CCC(C)C. The zero-order valence-corrected chi connectivity index (χ0v) is 11.1. The molecule has 0 aliphatic rings. The summed E-state index contributed by atoms with van der Waals surface area (Å²) in [5.41, 5.74) is 0. The van der Waals surface area contributed by atoms with Crippen LogP contribution >= 0.6 is 0 Å². The molecule has 0 saturated carbocycles. The van der Waals surface area contributed by atoms with Crippen molar-refractivity contribution in [1.29, 1.82) is 0 Å². The summed E-state index contributed by atoms with van der Waals surface area (Å²) in [7, 11) is 0. The molecule has 0 radical (unpaired) electrons. The van der Waals surface area contributed by atoms with Crippen LogP contribution < -0.4 is 5.32 Å². The van der Waals surface area contributed by atoms with Gasteiger partial charge in [0.2, 0.25) is 5.91 Å². The number of aliphatic hydroxyl groups excluding tert-OH is 1. The predicted octanol–water partition coefficient (Wildman–Crippen LogP) is 2.34. The fourth-order valence-corrected chi connectivity index (χ4v) is 1.41. The van der Waals surface area contributed by atoms with Crippen LogP contribution in [0.25, 0.3) is 0 Å². The number of nitrogens with one attached hydrogen (secondary N) is 1. The maximum absolute atomic E-state index is 11.4. The molecular weight excluding hydrogens is 202 g/mol. The molecule has 1 amide bonds.